The van der Waals surface area contributed by atoms with Crippen molar-refractivity contribution in [1.29, 1.82) is 0 Å². The molecule has 0 unspecified atom stereocenters. The van der Waals surface area contributed by atoms with Crippen molar-refractivity contribution in [3.05, 3.63) is 108 Å². The van der Waals surface area contributed by atoms with Gasteiger partial charge in [0.05, 0.1) is 5.69 Å². The monoisotopic (exact) mass is 411 g/mol. The van der Waals surface area contributed by atoms with Gasteiger partial charge in [0.25, 0.3) is 5.91 Å². The number of amides is 1. The first-order valence-corrected chi connectivity index (χ1v) is 9.87. The molecule has 0 saturated heterocycles. The van der Waals surface area contributed by atoms with E-state index in [-0.39, 0.29) is 19.1 Å². The first-order chi connectivity index (χ1) is 15.2. The van der Waals surface area contributed by atoms with Crippen molar-refractivity contribution >= 4 is 11.9 Å². The molecule has 4 rings (SSSR count). The highest BCUT2D eigenvalue weighted by Crippen LogP contribution is 2.19. The van der Waals surface area contributed by atoms with E-state index < -0.39 is 5.97 Å². The van der Waals surface area contributed by atoms with Crippen LogP contribution in [0.1, 0.15) is 15.9 Å². The summed E-state index contributed by atoms with van der Waals surface area (Å²) in [5.41, 5.74) is 4.37. The predicted molar refractivity (Wildman–Crippen MR) is 118 cm³/mol. The Balaban J connectivity index is 1.24. The minimum absolute atomic E-state index is 0.139. The molecule has 0 radical (unpaired) electrons. The highest BCUT2D eigenvalue weighted by Gasteiger charge is 2.10. The minimum Gasteiger partial charge on any atom is -0.460 e. The lowest BCUT2D eigenvalue weighted by molar-refractivity contribution is -0.143. The van der Waals surface area contributed by atoms with E-state index in [4.69, 9.17) is 4.74 Å². The molecule has 3 aromatic carbocycles. The van der Waals surface area contributed by atoms with Crippen molar-refractivity contribution in [3.8, 4) is 16.8 Å². The molecule has 154 valence electrons. The van der Waals surface area contributed by atoms with Gasteiger partial charge in [0.1, 0.15) is 13.2 Å². The lowest BCUT2D eigenvalue weighted by atomic mass is 10.0. The topological polar surface area (TPSA) is 73.2 Å². The first kappa shape index (κ1) is 20.1. The van der Waals surface area contributed by atoms with Crippen molar-refractivity contribution in [1.82, 2.24) is 15.1 Å². The van der Waals surface area contributed by atoms with E-state index in [9.17, 15) is 9.59 Å². The third-order valence-corrected chi connectivity index (χ3v) is 4.75. The Morgan fingerprint density at radius 3 is 2.23 bits per heavy atom. The van der Waals surface area contributed by atoms with Gasteiger partial charge in [-0.1, -0.05) is 54.6 Å². The second-order valence-corrected chi connectivity index (χ2v) is 6.90. The van der Waals surface area contributed by atoms with Gasteiger partial charge in [0.15, 0.2) is 0 Å². The molecule has 31 heavy (non-hydrogen) atoms. The van der Waals surface area contributed by atoms with Crippen LogP contribution in [0.15, 0.2) is 97.3 Å². The van der Waals surface area contributed by atoms with Crippen LogP contribution in [0.2, 0.25) is 0 Å². The summed E-state index contributed by atoms with van der Waals surface area (Å²) in [6, 6.07) is 26.6. The first-order valence-electron chi connectivity index (χ1n) is 9.87. The van der Waals surface area contributed by atoms with E-state index in [2.05, 4.69) is 10.4 Å². The zero-order valence-corrected chi connectivity index (χ0v) is 16.8. The van der Waals surface area contributed by atoms with E-state index in [1.165, 1.54) is 0 Å². The molecule has 0 bridgehead atoms. The molecule has 1 N–H and O–H groups in total. The normalized spacial score (nSPS) is 10.5. The smallest absolute Gasteiger partial charge is 0.325 e. The lowest BCUT2D eigenvalue weighted by Gasteiger charge is -2.08. The van der Waals surface area contributed by atoms with Gasteiger partial charge in [-0.3, -0.25) is 9.59 Å². The van der Waals surface area contributed by atoms with Gasteiger partial charge in [0.2, 0.25) is 0 Å². The number of hydrogen-bond acceptors (Lipinski definition) is 4. The van der Waals surface area contributed by atoms with Crippen LogP contribution < -0.4 is 5.32 Å². The Bertz CT molecular complexity index is 1140. The Labute approximate surface area is 180 Å². The minimum atomic E-state index is -0.495. The number of benzene rings is 3. The molecule has 0 aliphatic rings. The van der Waals surface area contributed by atoms with E-state index in [0.29, 0.717) is 5.56 Å². The largest absolute Gasteiger partial charge is 0.460 e. The Kier molecular flexibility index (Phi) is 6.18. The summed E-state index contributed by atoms with van der Waals surface area (Å²) in [6.45, 7) is -0.0511. The van der Waals surface area contributed by atoms with E-state index >= 15 is 0 Å². The number of rotatable bonds is 7. The summed E-state index contributed by atoms with van der Waals surface area (Å²) < 4.78 is 6.99. The Hall–Kier alpha value is -4.19. The van der Waals surface area contributed by atoms with Gasteiger partial charge < -0.3 is 10.1 Å². The number of ether oxygens (including phenoxy) is 1. The van der Waals surface area contributed by atoms with Crippen LogP contribution in [-0.4, -0.2) is 28.2 Å². The molecule has 0 spiro atoms. The molecule has 0 atom stereocenters. The third kappa shape index (κ3) is 5.25. The highest BCUT2D eigenvalue weighted by molar-refractivity contribution is 5.96. The van der Waals surface area contributed by atoms with Gasteiger partial charge in [0, 0.05) is 18.0 Å². The van der Waals surface area contributed by atoms with Gasteiger partial charge in [-0.05, 0) is 47.0 Å². The van der Waals surface area contributed by atoms with Crippen molar-refractivity contribution in [2.75, 3.05) is 6.54 Å². The van der Waals surface area contributed by atoms with Gasteiger partial charge in [-0.15, -0.1) is 0 Å². The quantitative estimate of drug-likeness (QED) is 0.466. The van der Waals surface area contributed by atoms with Crippen LogP contribution in [0, 0.1) is 0 Å². The SMILES string of the molecule is O=C(CNC(=O)c1ccc(-c2ccccc2)cc1)OCc1ccc(-n2cccn2)cc1. The average Bonchev–Trinajstić information content (AvgIpc) is 3.37. The number of aromatic nitrogens is 2. The van der Waals surface area contributed by atoms with Crippen LogP contribution in [-0.2, 0) is 16.1 Å². The number of carbonyl (C=O) groups excluding carboxylic acids is 2. The Morgan fingerprint density at radius 2 is 1.55 bits per heavy atom. The lowest BCUT2D eigenvalue weighted by Crippen LogP contribution is -2.30. The van der Waals surface area contributed by atoms with Crippen molar-refractivity contribution in [2.24, 2.45) is 0 Å². The number of nitrogens with zero attached hydrogens (tertiary/aromatic N) is 2. The number of hydrogen-bond donors (Lipinski definition) is 1. The summed E-state index contributed by atoms with van der Waals surface area (Å²) in [5, 5.41) is 6.76. The maximum atomic E-state index is 12.3. The van der Waals surface area contributed by atoms with Crippen molar-refractivity contribution in [2.45, 2.75) is 6.61 Å². The molecule has 0 saturated carbocycles. The Morgan fingerprint density at radius 1 is 0.839 bits per heavy atom. The standard InChI is InChI=1S/C25H21N3O3/c29-24(31-18-19-7-13-23(14-8-19)28-16-4-15-27-28)17-26-25(30)22-11-9-21(10-12-22)20-5-2-1-3-6-20/h1-16H,17-18H2,(H,26,30). The van der Waals surface area contributed by atoms with Crippen LogP contribution in [0.4, 0.5) is 0 Å². The maximum Gasteiger partial charge on any atom is 0.325 e. The maximum absolute atomic E-state index is 12.3. The van der Waals surface area contributed by atoms with Gasteiger partial charge in [-0.2, -0.15) is 5.10 Å². The average molecular weight is 411 g/mol. The number of nitrogens with one attached hydrogen (secondary N) is 1. The van der Waals surface area contributed by atoms with Crippen LogP contribution in [0.25, 0.3) is 16.8 Å². The fourth-order valence-corrected chi connectivity index (χ4v) is 3.08. The molecule has 6 heteroatoms. The van der Waals surface area contributed by atoms with E-state index in [1.54, 1.807) is 23.0 Å². The molecular weight excluding hydrogens is 390 g/mol. The van der Waals surface area contributed by atoms with Gasteiger partial charge in [-0.25, -0.2) is 4.68 Å². The molecule has 0 aliphatic carbocycles. The van der Waals surface area contributed by atoms with Crippen molar-refractivity contribution in [3.63, 3.8) is 0 Å². The second-order valence-electron chi connectivity index (χ2n) is 6.90. The second kappa shape index (κ2) is 9.54. The van der Waals surface area contributed by atoms with Crippen LogP contribution >= 0.6 is 0 Å². The molecule has 1 heterocycles. The van der Waals surface area contributed by atoms with Crippen LogP contribution in [0.5, 0.6) is 0 Å². The molecule has 1 aromatic heterocycles. The fourth-order valence-electron chi connectivity index (χ4n) is 3.08. The third-order valence-electron chi connectivity index (χ3n) is 4.75. The van der Waals surface area contributed by atoms with Gasteiger partial charge >= 0.3 is 5.97 Å². The predicted octanol–water partition coefficient (Wildman–Crippen LogP) is 4.01. The summed E-state index contributed by atoms with van der Waals surface area (Å²) in [5.74, 6) is -0.814. The summed E-state index contributed by atoms with van der Waals surface area (Å²) >= 11 is 0. The molecule has 4 aromatic rings. The van der Waals surface area contributed by atoms with Crippen molar-refractivity contribution < 1.29 is 14.3 Å². The number of carbonyl (C=O) groups is 2. The number of esters is 1. The zero-order chi connectivity index (χ0) is 21.5. The molecule has 0 fully saturated rings. The van der Waals surface area contributed by atoms with E-state index in [1.807, 2.05) is 79.0 Å². The summed E-state index contributed by atoms with van der Waals surface area (Å²) in [4.78, 5) is 24.3. The van der Waals surface area contributed by atoms with E-state index in [0.717, 1.165) is 22.4 Å². The molecular formula is C25H21N3O3. The molecule has 0 aliphatic heterocycles. The highest BCUT2D eigenvalue weighted by atomic mass is 16.5. The summed E-state index contributed by atoms with van der Waals surface area (Å²) in [6.07, 6.45) is 3.56. The zero-order valence-electron chi connectivity index (χ0n) is 16.8. The fraction of sp³-hybridized carbons (Fsp3) is 0.0800. The van der Waals surface area contributed by atoms with Crippen LogP contribution in [0.3, 0.4) is 0 Å². The summed E-state index contributed by atoms with van der Waals surface area (Å²) in [7, 11) is 0. The molecule has 1 amide bonds. The molecule has 6 nitrogen and oxygen atoms in total.